The van der Waals surface area contributed by atoms with Crippen molar-refractivity contribution >= 4 is 23.3 Å². The lowest BCUT2D eigenvalue weighted by atomic mass is 9.94. The van der Waals surface area contributed by atoms with Crippen molar-refractivity contribution in [3.8, 4) is 5.75 Å². The van der Waals surface area contributed by atoms with Gasteiger partial charge in [0.15, 0.2) is 0 Å². The highest BCUT2D eigenvalue weighted by Crippen LogP contribution is 2.33. The number of rotatable bonds is 3. The third-order valence-electron chi connectivity index (χ3n) is 4.38. The second kappa shape index (κ2) is 6.65. The van der Waals surface area contributed by atoms with Gasteiger partial charge in [-0.25, -0.2) is 0 Å². The van der Waals surface area contributed by atoms with E-state index in [1.54, 1.807) is 0 Å². The summed E-state index contributed by atoms with van der Waals surface area (Å²) in [4.78, 5) is 3.61. The molecule has 0 aliphatic carbocycles. The number of halogens is 1. The van der Waals surface area contributed by atoms with Gasteiger partial charge in [-0.1, -0.05) is 30.3 Å². The lowest BCUT2D eigenvalue weighted by Crippen LogP contribution is -2.30. The Morgan fingerprint density at radius 1 is 1.09 bits per heavy atom. The molecule has 0 saturated carbocycles. The van der Waals surface area contributed by atoms with Crippen LogP contribution in [0, 0.1) is 0 Å². The quantitative estimate of drug-likeness (QED) is 0.755. The average molecular weight is 329 g/mol. The lowest BCUT2D eigenvalue weighted by molar-refractivity contribution is 0.340. The van der Waals surface area contributed by atoms with Crippen LogP contribution < -0.4 is 10.1 Å². The number of hydrogen-bond donors (Lipinski definition) is 2. The summed E-state index contributed by atoms with van der Waals surface area (Å²) in [5.74, 6) is 0.930. The SMILES string of the molecule is CCOc1ccc(C2NCCc3c2[nH]c2ccccc32)cc1.Cl. The van der Waals surface area contributed by atoms with E-state index in [9.17, 15) is 0 Å². The summed E-state index contributed by atoms with van der Waals surface area (Å²) in [5, 5.41) is 4.99. The number of ether oxygens (including phenoxy) is 1. The van der Waals surface area contributed by atoms with Crippen molar-refractivity contribution in [3.05, 3.63) is 65.4 Å². The van der Waals surface area contributed by atoms with E-state index in [1.807, 2.05) is 6.92 Å². The van der Waals surface area contributed by atoms with Crippen LogP contribution in [0.4, 0.5) is 0 Å². The molecule has 0 radical (unpaired) electrons. The van der Waals surface area contributed by atoms with Crippen molar-refractivity contribution in [1.82, 2.24) is 10.3 Å². The van der Waals surface area contributed by atoms with Crippen LogP contribution in [0.3, 0.4) is 0 Å². The lowest BCUT2D eigenvalue weighted by Gasteiger charge is -2.25. The molecule has 0 bridgehead atoms. The minimum atomic E-state index is 0. The molecule has 4 rings (SSSR count). The molecule has 2 heterocycles. The summed E-state index contributed by atoms with van der Waals surface area (Å²) in [7, 11) is 0. The second-order valence-electron chi connectivity index (χ2n) is 5.70. The molecule has 1 atom stereocenters. The molecule has 0 spiro atoms. The molecule has 4 heteroatoms. The Bertz CT molecular complexity index is 795. The van der Waals surface area contributed by atoms with Crippen molar-refractivity contribution < 1.29 is 4.74 Å². The van der Waals surface area contributed by atoms with Crippen LogP contribution in [-0.2, 0) is 6.42 Å². The Kier molecular flexibility index (Phi) is 4.60. The predicted molar refractivity (Wildman–Crippen MR) is 96.7 cm³/mol. The average Bonchev–Trinajstić information content (AvgIpc) is 2.95. The maximum absolute atomic E-state index is 5.54. The number of para-hydroxylation sites is 1. The van der Waals surface area contributed by atoms with E-state index in [-0.39, 0.29) is 18.4 Å². The number of nitrogens with one attached hydrogen (secondary N) is 2. The van der Waals surface area contributed by atoms with Gasteiger partial charge < -0.3 is 15.0 Å². The van der Waals surface area contributed by atoms with Gasteiger partial charge in [-0.05, 0) is 42.7 Å². The number of aromatic amines is 1. The first-order chi connectivity index (χ1) is 10.9. The maximum atomic E-state index is 5.54. The molecule has 2 aromatic carbocycles. The van der Waals surface area contributed by atoms with Crippen molar-refractivity contribution in [1.29, 1.82) is 0 Å². The molecule has 1 unspecified atom stereocenters. The molecule has 23 heavy (non-hydrogen) atoms. The molecule has 1 aromatic heterocycles. The zero-order chi connectivity index (χ0) is 14.9. The van der Waals surface area contributed by atoms with Gasteiger partial charge >= 0.3 is 0 Å². The van der Waals surface area contributed by atoms with Crippen molar-refractivity contribution in [3.63, 3.8) is 0 Å². The summed E-state index contributed by atoms with van der Waals surface area (Å²) in [6, 6.07) is 17.2. The van der Waals surface area contributed by atoms with Gasteiger partial charge in [0.05, 0.1) is 12.6 Å². The zero-order valence-electron chi connectivity index (χ0n) is 13.1. The Labute approximate surface area is 142 Å². The highest BCUT2D eigenvalue weighted by molar-refractivity contribution is 5.85. The number of fused-ring (bicyclic) bond motifs is 3. The summed E-state index contributed by atoms with van der Waals surface area (Å²) in [6.45, 7) is 3.72. The first-order valence-electron chi connectivity index (χ1n) is 7.92. The van der Waals surface area contributed by atoms with E-state index in [4.69, 9.17) is 4.74 Å². The van der Waals surface area contributed by atoms with E-state index in [0.717, 1.165) is 18.7 Å². The van der Waals surface area contributed by atoms with Crippen molar-refractivity contribution in [2.45, 2.75) is 19.4 Å². The number of benzene rings is 2. The molecular weight excluding hydrogens is 308 g/mol. The Morgan fingerprint density at radius 3 is 2.65 bits per heavy atom. The monoisotopic (exact) mass is 328 g/mol. The Morgan fingerprint density at radius 2 is 1.87 bits per heavy atom. The van der Waals surface area contributed by atoms with Gasteiger partial charge in [0, 0.05) is 23.1 Å². The fourth-order valence-corrected chi connectivity index (χ4v) is 3.39. The molecule has 3 nitrogen and oxygen atoms in total. The number of H-pyrrole nitrogens is 1. The summed E-state index contributed by atoms with van der Waals surface area (Å²) >= 11 is 0. The van der Waals surface area contributed by atoms with Gasteiger partial charge in [-0.2, -0.15) is 0 Å². The van der Waals surface area contributed by atoms with Gasteiger partial charge in [0.1, 0.15) is 5.75 Å². The molecule has 1 aliphatic heterocycles. The molecular formula is C19H21ClN2O. The molecule has 3 aromatic rings. The van der Waals surface area contributed by atoms with Crippen LogP contribution in [0.5, 0.6) is 5.75 Å². The Hall–Kier alpha value is -1.97. The molecule has 0 amide bonds. The fraction of sp³-hybridized carbons (Fsp3) is 0.263. The molecule has 120 valence electrons. The second-order valence-corrected chi connectivity index (χ2v) is 5.70. The largest absolute Gasteiger partial charge is 0.494 e. The van der Waals surface area contributed by atoms with Crippen molar-refractivity contribution in [2.24, 2.45) is 0 Å². The van der Waals surface area contributed by atoms with Crippen LogP contribution >= 0.6 is 12.4 Å². The van der Waals surface area contributed by atoms with E-state index in [1.165, 1.54) is 27.7 Å². The Balaban J connectivity index is 0.00000156. The summed E-state index contributed by atoms with van der Waals surface area (Å²) in [6.07, 6.45) is 1.08. The third-order valence-corrected chi connectivity index (χ3v) is 4.38. The zero-order valence-corrected chi connectivity index (χ0v) is 14.0. The van der Waals surface area contributed by atoms with Crippen LogP contribution in [0.25, 0.3) is 10.9 Å². The van der Waals surface area contributed by atoms with Gasteiger partial charge in [-0.3, -0.25) is 0 Å². The maximum Gasteiger partial charge on any atom is 0.119 e. The van der Waals surface area contributed by atoms with Gasteiger partial charge in [-0.15, -0.1) is 12.4 Å². The summed E-state index contributed by atoms with van der Waals surface area (Å²) in [5.41, 5.74) is 5.26. The van der Waals surface area contributed by atoms with E-state index in [0.29, 0.717) is 6.61 Å². The highest BCUT2D eigenvalue weighted by atomic mass is 35.5. The first kappa shape index (κ1) is 15.9. The highest BCUT2D eigenvalue weighted by Gasteiger charge is 2.24. The van der Waals surface area contributed by atoms with Crippen LogP contribution in [0.2, 0.25) is 0 Å². The predicted octanol–water partition coefficient (Wildman–Crippen LogP) is 4.22. The summed E-state index contributed by atoms with van der Waals surface area (Å²) < 4.78 is 5.54. The van der Waals surface area contributed by atoms with Gasteiger partial charge in [0.25, 0.3) is 0 Å². The van der Waals surface area contributed by atoms with E-state index in [2.05, 4.69) is 58.8 Å². The minimum Gasteiger partial charge on any atom is -0.494 e. The minimum absolute atomic E-state index is 0. The van der Waals surface area contributed by atoms with E-state index >= 15 is 0 Å². The number of aromatic nitrogens is 1. The normalized spacial score (nSPS) is 16.7. The first-order valence-corrected chi connectivity index (χ1v) is 7.92. The topological polar surface area (TPSA) is 37.0 Å². The fourth-order valence-electron chi connectivity index (χ4n) is 3.39. The van der Waals surface area contributed by atoms with E-state index < -0.39 is 0 Å². The third kappa shape index (κ3) is 2.82. The van der Waals surface area contributed by atoms with Crippen molar-refractivity contribution in [2.75, 3.05) is 13.2 Å². The molecule has 2 N–H and O–H groups in total. The van der Waals surface area contributed by atoms with Crippen LogP contribution in [0.1, 0.15) is 29.8 Å². The molecule has 0 saturated heterocycles. The smallest absolute Gasteiger partial charge is 0.119 e. The van der Waals surface area contributed by atoms with Gasteiger partial charge in [0.2, 0.25) is 0 Å². The molecule has 0 fully saturated rings. The van der Waals surface area contributed by atoms with Crippen LogP contribution in [-0.4, -0.2) is 18.1 Å². The van der Waals surface area contributed by atoms with Crippen LogP contribution in [0.15, 0.2) is 48.5 Å². The standard InChI is InChI=1S/C19H20N2O.ClH/c1-2-22-14-9-7-13(8-10-14)18-19-16(11-12-20-18)15-5-3-4-6-17(15)21-19;/h3-10,18,20-21H,2,11-12H2,1H3;1H. The number of hydrogen-bond acceptors (Lipinski definition) is 2. The molecule has 1 aliphatic rings.